The number of hydrogen-bond acceptors (Lipinski definition) is 4. The summed E-state index contributed by atoms with van der Waals surface area (Å²) < 4.78 is 0. The number of nitrogens with one attached hydrogen (secondary N) is 1. The molecule has 148 valence electrons. The van der Waals surface area contributed by atoms with Gasteiger partial charge in [0.25, 0.3) is 11.6 Å². The zero-order valence-corrected chi connectivity index (χ0v) is 16.9. The molecule has 0 saturated carbocycles. The second-order valence-corrected chi connectivity index (χ2v) is 7.00. The lowest BCUT2D eigenvalue weighted by Crippen LogP contribution is -2.38. The van der Waals surface area contributed by atoms with Gasteiger partial charge in [0, 0.05) is 28.8 Å². The molecule has 2 aromatic rings. The number of carbonyl (C=O) groups excluding carboxylic acids is 2. The van der Waals surface area contributed by atoms with E-state index in [1.54, 1.807) is 19.1 Å². The highest BCUT2D eigenvalue weighted by Gasteiger charge is 2.21. The van der Waals surface area contributed by atoms with Crippen LogP contribution >= 0.6 is 23.2 Å². The normalized spacial score (nSPS) is 10.4. The van der Waals surface area contributed by atoms with Crippen LogP contribution in [0.1, 0.15) is 29.3 Å². The molecule has 0 heterocycles. The van der Waals surface area contributed by atoms with Gasteiger partial charge in [-0.2, -0.15) is 0 Å². The maximum atomic E-state index is 12.8. The molecule has 0 fully saturated rings. The molecule has 0 radical (unpaired) electrons. The predicted molar refractivity (Wildman–Crippen MR) is 109 cm³/mol. The molecule has 2 aromatic carbocycles. The van der Waals surface area contributed by atoms with Gasteiger partial charge in [-0.25, -0.2) is 0 Å². The molecule has 0 saturated heterocycles. The summed E-state index contributed by atoms with van der Waals surface area (Å²) in [4.78, 5) is 37.1. The summed E-state index contributed by atoms with van der Waals surface area (Å²) in [5.74, 6) is -0.912. The Morgan fingerprint density at radius 3 is 2.54 bits per heavy atom. The lowest BCUT2D eigenvalue weighted by molar-refractivity contribution is -0.385. The Balaban J connectivity index is 2.19. The lowest BCUT2D eigenvalue weighted by atomic mass is 10.1. The summed E-state index contributed by atoms with van der Waals surface area (Å²) >= 11 is 12.0. The van der Waals surface area contributed by atoms with E-state index >= 15 is 0 Å². The van der Waals surface area contributed by atoms with E-state index in [2.05, 4.69) is 5.32 Å². The second-order valence-electron chi connectivity index (χ2n) is 6.16. The van der Waals surface area contributed by atoms with Gasteiger partial charge in [0.2, 0.25) is 5.91 Å². The van der Waals surface area contributed by atoms with Gasteiger partial charge in [-0.05, 0) is 37.6 Å². The van der Waals surface area contributed by atoms with Crippen molar-refractivity contribution in [1.82, 2.24) is 4.90 Å². The third kappa shape index (κ3) is 5.43. The standard InChI is InChI=1S/C19H19Cl2N3O4/c1-3-8-23(11-18(25)22-16-10-14(20)6-7-15(16)21)19(26)13-5-4-12(2)17(9-13)24(27)28/h4-7,9-10H,3,8,11H2,1-2H3,(H,22,25). The summed E-state index contributed by atoms with van der Waals surface area (Å²) in [6, 6.07) is 8.92. The van der Waals surface area contributed by atoms with E-state index in [1.807, 2.05) is 6.92 Å². The number of aryl methyl sites for hydroxylation is 1. The number of nitro benzene ring substituents is 1. The van der Waals surface area contributed by atoms with Crippen molar-refractivity contribution < 1.29 is 14.5 Å². The van der Waals surface area contributed by atoms with E-state index in [0.717, 1.165) is 0 Å². The van der Waals surface area contributed by atoms with E-state index in [4.69, 9.17) is 23.2 Å². The van der Waals surface area contributed by atoms with Crippen molar-refractivity contribution in [2.75, 3.05) is 18.4 Å². The Bertz CT molecular complexity index is 918. The van der Waals surface area contributed by atoms with E-state index in [-0.39, 0.29) is 17.8 Å². The Kier molecular flexibility index (Phi) is 7.37. The Morgan fingerprint density at radius 1 is 1.18 bits per heavy atom. The molecule has 2 rings (SSSR count). The molecule has 0 aliphatic heterocycles. The fourth-order valence-electron chi connectivity index (χ4n) is 2.60. The average Bonchev–Trinajstić information content (AvgIpc) is 2.64. The SMILES string of the molecule is CCCN(CC(=O)Nc1cc(Cl)ccc1Cl)C(=O)c1ccc(C)c([N+](=O)[O-])c1. The Hall–Kier alpha value is -2.64. The van der Waals surface area contributed by atoms with Gasteiger partial charge in [-0.1, -0.05) is 36.2 Å². The number of benzene rings is 2. The van der Waals surface area contributed by atoms with Crippen molar-refractivity contribution in [3.63, 3.8) is 0 Å². The first-order valence-electron chi connectivity index (χ1n) is 8.52. The van der Waals surface area contributed by atoms with Gasteiger partial charge in [0.05, 0.1) is 15.6 Å². The van der Waals surface area contributed by atoms with Crippen LogP contribution in [0.5, 0.6) is 0 Å². The van der Waals surface area contributed by atoms with E-state index in [0.29, 0.717) is 34.3 Å². The average molecular weight is 424 g/mol. The zero-order valence-electron chi connectivity index (χ0n) is 15.4. The summed E-state index contributed by atoms with van der Waals surface area (Å²) in [6.45, 7) is 3.55. The minimum absolute atomic E-state index is 0.141. The highest BCUT2D eigenvalue weighted by Crippen LogP contribution is 2.25. The molecular weight excluding hydrogens is 405 g/mol. The van der Waals surface area contributed by atoms with Crippen LogP contribution in [0, 0.1) is 17.0 Å². The minimum Gasteiger partial charge on any atom is -0.329 e. The van der Waals surface area contributed by atoms with Crippen molar-refractivity contribution in [2.24, 2.45) is 0 Å². The maximum absolute atomic E-state index is 12.8. The smallest absolute Gasteiger partial charge is 0.273 e. The number of rotatable bonds is 7. The molecular formula is C19H19Cl2N3O4. The molecule has 0 aliphatic carbocycles. The molecule has 28 heavy (non-hydrogen) atoms. The van der Waals surface area contributed by atoms with Gasteiger partial charge in [-0.3, -0.25) is 19.7 Å². The number of hydrogen-bond donors (Lipinski definition) is 1. The molecule has 2 amide bonds. The molecule has 9 heteroatoms. The third-order valence-electron chi connectivity index (χ3n) is 3.97. The minimum atomic E-state index is -0.538. The monoisotopic (exact) mass is 423 g/mol. The maximum Gasteiger partial charge on any atom is 0.273 e. The quantitative estimate of drug-likeness (QED) is 0.515. The Morgan fingerprint density at radius 2 is 1.89 bits per heavy atom. The van der Waals surface area contributed by atoms with Crippen LogP contribution in [0.15, 0.2) is 36.4 Å². The molecule has 0 unspecified atom stereocenters. The summed E-state index contributed by atoms with van der Waals surface area (Å²) in [7, 11) is 0. The fourth-order valence-corrected chi connectivity index (χ4v) is 2.94. The third-order valence-corrected chi connectivity index (χ3v) is 4.54. The zero-order chi connectivity index (χ0) is 20.8. The van der Waals surface area contributed by atoms with Gasteiger partial charge in [0.1, 0.15) is 6.54 Å². The summed E-state index contributed by atoms with van der Waals surface area (Å²) in [6.07, 6.45) is 0.616. The first kappa shape index (κ1) is 21.7. The van der Waals surface area contributed by atoms with Crippen LogP contribution in [0.4, 0.5) is 11.4 Å². The molecule has 0 bridgehead atoms. The van der Waals surface area contributed by atoms with Crippen LogP contribution in [-0.4, -0.2) is 34.7 Å². The van der Waals surface area contributed by atoms with Crippen molar-refractivity contribution >= 4 is 46.4 Å². The van der Waals surface area contributed by atoms with E-state index < -0.39 is 16.7 Å². The topological polar surface area (TPSA) is 92.6 Å². The highest BCUT2D eigenvalue weighted by atomic mass is 35.5. The highest BCUT2D eigenvalue weighted by molar-refractivity contribution is 6.35. The van der Waals surface area contributed by atoms with Gasteiger partial charge < -0.3 is 10.2 Å². The van der Waals surface area contributed by atoms with Crippen LogP contribution in [0.2, 0.25) is 10.0 Å². The molecule has 0 spiro atoms. The van der Waals surface area contributed by atoms with Crippen LogP contribution in [0.25, 0.3) is 0 Å². The molecule has 0 aromatic heterocycles. The molecule has 1 N–H and O–H groups in total. The number of halogens is 2. The van der Waals surface area contributed by atoms with Gasteiger partial charge >= 0.3 is 0 Å². The second kappa shape index (κ2) is 9.52. The number of anilines is 1. The number of nitro groups is 1. The predicted octanol–water partition coefficient (Wildman–Crippen LogP) is 4.70. The molecule has 0 aliphatic rings. The van der Waals surface area contributed by atoms with Crippen LogP contribution in [0.3, 0.4) is 0 Å². The van der Waals surface area contributed by atoms with Crippen molar-refractivity contribution in [1.29, 1.82) is 0 Å². The van der Waals surface area contributed by atoms with Gasteiger partial charge in [0.15, 0.2) is 0 Å². The lowest BCUT2D eigenvalue weighted by Gasteiger charge is -2.22. The van der Waals surface area contributed by atoms with E-state index in [9.17, 15) is 19.7 Å². The number of amides is 2. The largest absolute Gasteiger partial charge is 0.329 e. The summed E-state index contributed by atoms with van der Waals surface area (Å²) in [5, 5.41) is 14.5. The first-order valence-corrected chi connectivity index (χ1v) is 9.27. The van der Waals surface area contributed by atoms with E-state index in [1.165, 1.54) is 29.2 Å². The van der Waals surface area contributed by atoms with Crippen molar-refractivity contribution in [2.45, 2.75) is 20.3 Å². The van der Waals surface area contributed by atoms with Crippen molar-refractivity contribution in [3.05, 3.63) is 67.7 Å². The number of nitrogens with zero attached hydrogens (tertiary/aromatic N) is 2. The molecule has 0 atom stereocenters. The summed E-state index contributed by atoms with van der Waals surface area (Å²) in [5.41, 5.74) is 0.808. The van der Waals surface area contributed by atoms with Gasteiger partial charge in [-0.15, -0.1) is 0 Å². The fraction of sp³-hybridized carbons (Fsp3) is 0.263. The Labute approximate surface area is 172 Å². The first-order chi connectivity index (χ1) is 13.2. The van der Waals surface area contributed by atoms with Crippen LogP contribution in [-0.2, 0) is 4.79 Å². The van der Waals surface area contributed by atoms with Crippen LogP contribution < -0.4 is 5.32 Å². The molecule has 7 nitrogen and oxygen atoms in total. The number of carbonyl (C=O) groups is 2. The van der Waals surface area contributed by atoms with Crippen molar-refractivity contribution in [3.8, 4) is 0 Å².